The molecule has 198 valence electrons. The molecule has 0 radical (unpaired) electrons. The van der Waals surface area contributed by atoms with E-state index in [1.807, 2.05) is 37.8 Å². The summed E-state index contributed by atoms with van der Waals surface area (Å²) in [5.74, 6) is 0.498. The lowest BCUT2D eigenvalue weighted by Gasteiger charge is -2.43. The molecule has 2 fully saturated rings. The Morgan fingerprint density at radius 1 is 1.22 bits per heavy atom. The maximum Gasteiger partial charge on any atom is 0.414 e. The third-order valence-corrected chi connectivity index (χ3v) is 7.76. The Labute approximate surface area is 216 Å². The van der Waals surface area contributed by atoms with E-state index in [2.05, 4.69) is 37.5 Å². The van der Waals surface area contributed by atoms with E-state index in [4.69, 9.17) is 9.47 Å². The SMILES string of the molecule is C=CCC(CN(C(C)CC)C1COC1)c1ccc2c(c1)N(C(=O)OC(C)C)CC(C)N2C(=O)C1CC1. The number of anilines is 2. The summed E-state index contributed by atoms with van der Waals surface area (Å²) in [5, 5.41) is 0. The second-order valence-electron chi connectivity index (χ2n) is 11.0. The molecule has 0 spiro atoms. The van der Waals surface area contributed by atoms with Crippen LogP contribution >= 0.6 is 0 Å². The molecule has 2 heterocycles. The summed E-state index contributed by atoms with van der Waals surface area (Å²) in [6.45, 7) is 17.1. The van der Waals surface area contributed by atoms with Crippen molar-refractivity contribution in [2.75, 3.05) is 36.1 Å². The van der Waals surface area contributed by atoms with Gasteiger partial charge in [0.05, 0.1) is 42.8 Å². The lowest BCUT2D eigenvalue weighted by molar-refractivity contribution is -0.120. The van der Waals surface area contributed by atoms with Crippen molar-refractivity contribution in [1.29, 1.82) is 0 Å². The van der Waals surface area contributed by atoms with E-state index in [1.54, 1.807) is 4.90 Å². The smallest absolute Gasteiger partial charge is 0.414 e. The summed E-state index contributed by atoms with van der Waals surface area (Å²) in [6, 6.07) is 7.06. The van der Waals surface area contributed by atoms with Crippen LogP contribution in [0.1, 0.15) is 71.8 Å². The number of allylic oxidation sites excluding steroid dienone is 1. The van der Waals surface area contributed by atoms with Crippen molar-refractivity contribution in [1.82, 2.24) is 4.90 Å². The van der Waals surface area contributed by atoms with Gasteiger partial charge in [0.25, 0.3) is 0 Å². The van der Waals surface area contributed by atoms with Crippen LogP contribution in [-0.2, 0) is 14.3 Å². The molecule has 0 N–H and O–H groups in total. The molecule has 1 aliphatic carbocycles. The van der Waals surface area contributed by atoms with Gasteiger partial charge in [-0.3, -0.25) is 14.6 Å². The molecule has 36 heavy (non-hydrogen) atoms. The number of carbonyl (C=O) groups is 2. The Morgan fingerprint density at radius 3 is 2.50 bits per heavy atom. The van der Waals surface area contributed by atoms with Crippen LogP contribution in [0, 0.1) is 5.92 Å². The van der Waals surface area contributed by atoms with Crippen LogP contribution in [0.5, 0.6) is 0 Å². The lowest BCUT2D eigenvalue weighted by atomic mass is 9.91. The van der Waals surface area contributed by atoms with Gasteiger partial charge < -0.3 is 14.4 Å². The van der Waals surface area contributed by atoms with Crippen LogP contribution in [0.4, 0.5) is 16.2 Å². The van der Waals surface area contributed by atoms with Gasteiger partial charge in [0.15, 0.2) is 0 Å². The molecule has 0 aromatic heterocycles. The van der Waals surface area contributed by atoms with Gasteiger partial charge in [0, 0.05) is 31.0 Å². The molecule has 0 bridgehead atoms. The second kappa shape index (κ2) is 11.3. The summed E-state index contributed by atoms with van der Waals surface area (Å²) in [5.41, 5.74) is 2.72. The highest BCUT2D eigenvalue weighted by atomic mass is 16.6. The first-order valence-electron chi connectivity index (χ1n) is 13.6. The number of carbonyl (C=O) groups excluding carboxylic acids is 2. The number of amides is 2. The van der Waals surface area contributed by atoms with Crippen LogP contribution < -0.4 is 9.80 Å². The largest absolute Gasteiger partial charge is 0.446 e. The number of rotatable bonds is 10. The van der Waals surface area contributed by atoms with Gasteiger partial charge in [0.2, 0.25) is 5.91 Å². The molecular weight excluding hydrogens is 454 g/mol. The van der Waals surface area contributed by atoms with E-state index in [0.29, 0.717) is 18.6 Å². The first-order valence-corrected chi connectivity index (χ1v) is 13.6. The molecule has 7 nitrogen and oxygen atoms in total. The molecule has 1 saturated heterocycles. The zero-order valence-corrected chi connectivity index (χ0v) is 22.6. The summed E-state index contributed by atoms with van der Waals surface area (Å²) >= 11 is 0. The molecule has 3 unspecified atom stereocenters. The highest BCUT2D eigenvalue weighted by Gasteiger charge is 2.42. The summed E-state index contributed by atoms with van der Waals surface area (Å²) < 4.78 is 11.1. The van der Waals surface area contributed by atoms with Gasteiger partial charge in [-0.1, -0.05) is 19.1 Å². The topological polar surface area (TPSA) is 62.3 Å². The van der Waals surface area contributed by atoms with Gasteiger partial charge in [-0.05, 0) is 71.1 Å². The molecule has 2 aliphatic heterocycles. The van der Waals surface area contributed by atoms with Gasteiger partial charge in [-0.25, -0.2) is 4.79 Å². The number of fused-ring (bicyclic) bond motifs is 1. The fraction of sp³-hybridized carbons (Fsp3) is 0.655. The number of hydrogen-bond donors (Lipinski definition) is 0. The van der Waals surface area contributed by atoms with Crippen molar-refractivity contribution in [3.63, 3.8) is 0 Å². The predicted octanol–water partition coefficient (Wildman–Crippen LogP) is 5.34. The van der Waals surface area contributed by atoms with Gasteiger partial charge in [0.1, 0.15) is 0 Å². The van der Waals surface area contributed by atoms with Crippen molar-refractivity contribution in [3.8, 4) is 0 Å². The van der Waals surface area contributed by atoms with Crippen molar-refractivity contribution in [2.24, 2.45) is 5.92 Å². The normalized spacial score (nSPS) is 21.7. The quantitative estimate of drug-likeness (QED) is 0.408. The fourth-order valence-electron chi connectivity index (χ4n) is 5.31. The Hall–Kier alpha value is -2.38. The fourth-order valence-corrected chi connectivity index (χ4v) is 5.31. The Morgan fingerprint density at radius 2 is 1.94 bits per heavy atom. The van der Waals surface area contributed by atoms with Gasteiger partial charge in [-0.15, -0.1) is 6.58 Å². The summed E-state index contributed by atoms with van der Waals surface area (Å²) in [6.07, 6.45) is 5.21. The minimum atomic E-state index is -0.359. The first kappa shape index (κ1) is 26.7. The second-order valence-corrected chi connectivity index (χ2v) is 11.0. The number of hydrogen-bond acceptors (Lipinski definition) is 5. The highest BCUT2D eigenvalue weighted by Crippen LogP contribution is 2.42. The summed E-state index contributed by atoms with van der Waals surface area (Å²) in [4.78, 5) is 32.6. The minimum absolute atomic E-state index is 0.108. The predicted molar refractivity (Wildman–Crippen MR) is 144 cm³/mol. The van der Waals surface area contributed by atoms with Crippen molar-refractivity contribution in [3.05, 3.63) is 36.4 Å². The lowest BCUT2D eigenvalue weighted by Crippen LogP contribution is -2.54. The average molecular weight is 498 g/mol. The van der Waals surface area contributed by atoms with Crippen LogP contribution in [0.25, 0.3) is 0 Å². The number of benzene rings is 1. The van der Waals surface area contributed by atoms with Crippen LogP contribution in [0.3, 0.4) is 0 Å². The molecule has 1 aromatic rings. The molecular formula is C29H43N3O4. The van der Waals surface area contributed by atoms with Crippen molar-refractivity contribution in [2.45, 2.75) is 90.4 Å². The van der Waals surface area contributed by atoms with E-state index >= 15 is 0 Å². The van der Waals surface area contributed by atoms with Crippen LogP contribution in [0.2, 0.25) is 0 Å². The molecule has 1 aromatic carbocycles. The highest BCUT2D eigenvalue weighted by molar-refractivity contribution is 6.04. The number of ether oxygens (including phenoxy) is 2. The minimum Gasteiger partial charge on any atom is -0.446 e. The average Bonchev–Trinajstić information content (AvgIpc) is 3.65. The molecule has 7 heteroatoms. The van der Waals surface area contributed by atoms with Crippen LogP contribution in [-0.4, -0.2) is 67.4 Å². The zero-order valence-electron chi connectivity index (χ0n) is 22.6. The third-order valence-electron chi connectivity index (χ3n) is 7.76. The van der Waals surface area contributed by atoms with Crippen molar-refractivity contribution >= 4 is 23.4 Å². The van der Waals surface area contributed by atoms with E-state index in [9.17, 15) is 9.59 Å². The molecule has 1 saturated carbocycles. The van der Waals surface area contributed by atoms with Crippen LogP contribution in [0.15, 0.2) is 30.9 Å². The molecule has 2 amide bonds. The molecule has 3 aliphatic rings. The zero-order chi connectivity index (χ0) is 26.0. The molecule has 3 atom stereocenters. The maximum atomic E-state index is 13.2. The third kappa shape index (κ3) is 5.62. The van der Waals surface area contributed by atoms with E-state index in [1.165, 1.54) is 0 Å². The maximum absolute atomic E-state index is 13.2. The Balaban J connectivity index is 1.70. The van der Waals surface area contributed by atoms with E-state index < -0.39 is 0 Å². The standard InChI is InChI=1S/C29H43N3O4/c1-7-9-24(16-30(20(5)8-2)25-17-35-18-25)23-12-13-26-27(14-23)31(29(34)36-19(3)4)15-21(6)32(26)28(33)22-10-11-22/h7,12-14,19-22,24-25H,1,8-11,15-18H2,2-6H3. The van der Waals surface area contributed by atoms with Gasteiger partial charge >= 0.3 is 6.09 Å². The van der Waals surface area contributed by atoms with Gasteiger partial charge in [-0.2, -0.15) is 0 Å². The molecule has 4 rings (SSSR count). The first-order chi connectivity index (χ1) is 17.2. The monoisotopic (exact) mass is 497 g/mol. The summed E-state index contributed by atoms with van der Waals surface area (Å²) in [7, 11) is 0. The number of nitrogens with zero attached hydrogens (tertiary/aromatic N) is 3. The van der Waals surface area contributed by atoms with Crippen molar-refractivity contribution < 1.29 is 19.1 Å². The van der Waals surface area contributed by atoms with E-state index in [0.717, 1.165) is 62.4 Å². The Bertz CT molecular complexity index is 951. The van der Waals surface area contributed by atoms with E-state index in [-0.39, 0.29) is 36.0 Å². The Kier molecular flexibility index (Phi) is 8.41.